The van der Waals surface area contributed by atoms with E-state index >= 15 is 0 Å². The van der Waals surface area contributed by atoms with Crippen molar-refractivity contribution in [1.82, 2.24) is 10.2 Å². The first-order valence-electron chi connectivity index (χ1n) is 9.35. The van der Waals surface area contributed by atoms with Gasteiger partial charge >= 0.3 is 6.03 Å². The smallest absolute Gasteiger partial charge is 0.319 e. The summed E-state index contributed by atoms with van der Waals surface area (Å²) in [5.74, 6) is 1.42. The van der Waals surface area contributed by atoms with Gasteiger partial charge in [-0.2, -0.15) is 0 Å². The van der Waals surface area contributed by atoms with Crippen LogP contribution in [0.3, 0.4) is 0 Å². The van der Waals surface area contributed by atoms with Crippen molar-refractivity contribution in [2.45, 2.75) is 18.3 Å². The number of hydrogen-bond donors (Lipinski definition) is 1. The van der Waals surface area contributed by atoms with Gasteiger partial charge in [0.05, 0.1) is 19.3 Å². The summed E-state index contributed by atoms with van der Waals surface area (Å²) in [6.07, 6.45) is 0. The predicted molar refractivity (Wildman–Crippen MR) is 111 cm³/mol. The second kappa shape index (κ2) is 7.39. The lowest BCUT2D eigenvalue weighted by Gasteiger charge is -2.33. The Bertz CT molecular complexity index is 919. The van der Waals surface area contributed by atoms with Crippen molar-refractivity contribution in [3.63, 3.8) is 0 Å². The minimum Gasteiger partial charge on any atom is -0.497 e. The number of rotatable bonds is 4. The zero-order chi connectivity index (χ0) is 19.7. The second-order valence-electron chi connectivity index (χ2n) is 6.74. The van der Waals surface area contributed by atoms with E-state index in [0.29, 0.717) is 19.6 Å². The zero-order valence-corrected chi connectivity index (χ0v) is 16.8. The minimum atomic E-state index is -0.991. The van der Waals surface area contributed by atoms with Gasteiger partial charge in [-0.3, -0.25) is 9.69 Å². The molecule has 2 heterocycles. The average molecular weight is 398 g/mol. The van der Waals surface area contributed by atoms with E-state index in [-0.39, 0.29) is 11.9 Å². The van der Waals surface area contributed by atoms with Crippen molar-refractivity contribution >= 4 is 29.4 Å². The van der Waals surface area contributed by atoms with Crippen LogP contribution in [0.15, 0.2) is 48.5 Å². The lowest BCUT2D eigenvalue weighted by molar-refractivity contribution is -0.123. The van der Waals surface area contributed by atoms with Crippen molar-refractivity contribution < 1.29 is 14.3 Å². The fourth-order valence-electron chi connectivity index (χ4n) is 3.93. The molecule has 2 aromatic carbocycles. The van der Waals surface area contributed by atoms with Crippen LogP contribution in [0.5, 0.6) is 5.75 Å². The lowest BCUT2D eigenvalue weighted by atomic mass is 10.1. The lowest BCUT2D eigenvalue weighted by Crippen LogP contribution is -2.53. The van der Waals surface area contributed by atoms with Crippen LogP contribution in [0, 0.1) is 0 Å². The van der Waals surface area contributed by atoms with Crippen LogP contribution in [-0.2, 0) is 16.2 Å². The van der Waals surface area contributed by atoms with Crippen molar-refractivity contribution in [3.8, 4) is 5.75 Å². The molecule has 1 N–H and O–H groups in total. The van der Waals surface area contributed by atoms with E-state index in [1.165, 1.54) is 11.8 Å². The maximum Gasteiger partial charge on any atom is 0.319 e. The highest BCUT2D eigenvalue weighted by Gasteiger charge is 2.59. The molecule has 4 rings (SSSR count). The number of carbonyl (C=O) groups excluding carboxylic acids is 2. The molecule has 2 aromatic rings. The van der Waals surface area contributed by atoms with E-state index < -0.39 is 4.87 Å². The fourth-order valence-corrected chi connectivity index (χ4v) is 5.39. The van der Waals surface area contributed by atoms with Crippen LogP contribution in [0.1, 0.15) is 18.1 Å². The van der Waals surface area contributed by atoms with Gasteiger partial charge in [-0.25, -0.2) is 4.79 Å². The molecule has 1 fully saturated rings. The molecule has 0 unspecified atom stereocenters. The van der Waals surface area contributed by atoms with E-state index in [2.05, 4.69) is 5.32 Å². The summed E-state index contributed by atoms with van der Waals surface area (Å²) in [7, 11) is 1.63. The molecule has 0 aliphatic carbocycles. The van der Waals surface area contributed by atoms with Crippen molar-refractivity contribution in [2.24, 2.45) is 0 Å². The van der Waals surface area contributed by atoms with Crippen molar-refractivity contribution in [2.75, 3.05) is 30.9 Å². The highest BCUT2D eigenvalue weighted by molar-refractivity contribution is 8.01. The van der Waals surface area contributed by atoms with Crippen LogP contribution in [0.25, 0.3) is 0 Å². The zero-order valence-electron chi connectivity index (χ0n) is 16.0. The molecule has 146 valence electrons. The number of ether oxygens (including phenoxy) is 1. The predicted octanol–water partition coefficient (Wildman–Crippen LogP) is 3.17. The number of fused-ring (bicyclic) bond motifs is 2. The number of urea groups is 1. The van der Waals surface area contributed by atoms with Crippen LogP contribution in [-0.4, -0.2) is 42.8 Å². The molecule has 0 radical (unpaired) electrons. The molecule has 28 heavy (non-hydrogen) atoms. The number of benzene rings is 2. The molecular formula is C21H23N3O3S. The number of thioether (sulfide) groups is 1. The Morgan fingerprint density at radius 3 is 2.86 bits per heavy atom. The number of nitrogens with one attached hydrogen (secondary N) is 1. The quantitative estimate of drug-likeness (QED) is 0.861. The van der Waals surface area contributed by atoms with Gasteiger partial charge in [0, 0.05) is 24.4 Å². The van der Waals surface area contributed by atoms with Crippen molar-refractivity contribution in [1.29, 1.82) is 0 Å². The Morgan fingerprint density at radius 2 is 2.07 bits per heavy atom. The highest BCUT2D eigenvalue weighted by Crippen LogP contribution is 2.54. The third-order valence-electron chi connectivity index (χ3n) is 5.15. The van der Waals surface area contributed by atoms with Gasteiger partial charge in [-0.15, -0.1) is 11.8 Å². The number of para-hydroxylation sites is 1. The highest BCUT2D eigenvalue weighted by atomic mass is 32.2. The van der Waals surface area contributed by atoms with E-state index in [4.69, 9.17) is 4.74 Å². The minimum absolute atomic E-state index is 0.0646. The number of hydrogen-bond acceptors (Lipinski definition) is 4. The molecule has 7 heteroatoms. The third kappa shape index (κ3) is 2.81. The number of nitrogens with zero attached hydrogens (tertiary/aromatic N) is 2. The molecule has 3 amide bonds. The maximum atomic E-state index is 13.7. The molecular weight excluding hydrogens is 374 g/mol. The van der Waals surface area contributed by atoms with E-state index in [0.717, 1.165) is 28.3 Å². The van der Waals surface area contributed by atoms with Crippen molar-refractivity contribution in [3.05, 3.63) is 59.7 Å². The summed E-state index contributed by atoms with van der Waals surface area (Å²) < 4.78 is 5.32. The normalized spacial score (nSPS) is 20.6. The van der Waals surface area contributed by atoms with Gasteiger partial charge in [0.25, 0.3) is 5.91 Å². The number of methoxy groups -OCH3 is 1. The van der Waals surface area contributed by atoms with Gasteiger partial charge in [0.2, 0.25) is 0 Å². The summed E-state index contributed by atoms with van der Waals surface area (Å²) in [5.41, 5.74) is 2.72. The first-order valence-corrected chi connectivity index (χ1v) is 10.3. The van der Waals surface area contributed by atoms with Gasteiger partial charge in [-0.1, -0.05) is 30.3 Å². The average Bonchev–Trinajstić information content (AvgIpc) is 3.26. The molecule has 0 aromatic heterocycles. The molecule has 6 nitrogen and oxygen atoms in total. The Hall–Kier alpha value is -2.67. The Kier molecular flexibility index (Phi) is 4.93. The number of anilines is 1. The Labute approximate surface area is 168 Å². The van der Waals surface area contributed by atoms with Gasteiger partial charge < -0.3 is 15.0 Å². The summed E-state index contributed by atoms with van der Waals surface area (Å²) in [5, 5.41) is 2.86. The fraction of sp³-hybridized carbons (Fsp3) is 0.333. The van der Waals surface area contributed by atoms with Gasteiger partial charge in [-0.05, 0) is 30.7 Å². The Balaban J connectivity index is 1.75. The van der Waals surface area contributed by atoms with E-state index in [1.54, 1.807) is 16.9 Å². The van der Waals surface area contributed by atoms with E-state index in [9.17, 15) is 9.59 Å². The first kappa shape index (κ1) is 18.7. The van der Waals surface area contributed by atoms with E-state index in [1.807, 2.05) is 55.5 Å². The van der Waals surface area contributed by atoms with Crippen LogP contribution in [0.2, 0.25) is 0 Å². The SMILES string of the molecule is CCNC(=O)N1CCS[C@]12C(=O)N(Cc1cccc(OC)c1)c1ccccc12. The second-order valence-corrected chi connectivity index (χ2v) is 8.03. The number of amides is 3. The van der Waals surface area contributed by atoms with Crippen LogP contribution in [0.4, 0.5) is 10.5 Å². The molecule has 1 spiro atoms. The van der Waals surface area contributed by atoms with Gasteiger partial charge in [0.1, 0.15) is 5.75 Å². The van der Waals surface area contributed by atoms with Crippen LogP contribution >= 0.6 is 11.8 Å². The molecule has 1 atom stereocenters. The van der Waals surface area contributed by atoms with Gasteiger partial charge in [0.15, 0.2) is 4.87 Å². The first-order chi connectivity index (χ1) is 13.6. The summed E-state index contributed by atoms with van der Waals surface area (Å²) in [6, 6.07) is 15.3. The largest absolute Gasteiger partial charge is 0.497 e. The molecule has 0 bridgehead atoms. The summed E-state index contributed by atoms with van der Waals surface area (Å²) in [4.78, 5) is 28.9. The molecule has 2 aliphatic rings. The topological polar surface area (TPSA) is 61.9 Å². The van der Waals surface area contributed by atoms with Crippen LogP contribution < -0.4 is 15.0 Å². The Morgan fingerprint density at radius 1 is 1.25 bits per heavy atom. The maximum absolute atomic E-state index is 13.7. The number of carbonyl (C=O) groups is 2. The summed E-state index contributed by atoms with van der Waals surface area (Å²) in [6.45, 7) is 3.38. The summed E-state index contributed by atoms with van der Waals surface area (Å²) >= 11 is 1.54. The standard InChI is InChI=1S/C21H23N3O3S/c1-3-22-20(26)24-11-12-28-21(24)17-9-4-5-10-18(17)23(19(21)25)14-15-7-6-8-16(13-15)27-2/h4-10,13H,3,11-12,14H2,1-2H3,(H,22,26)/t21-/m1/s1. The molecule has 1 saturated heterocycles. The monoisotopic (exact) mass is 397 g/mol. The third-order valence-corrected chi connectivity index (χ3v) is 6.57. The molecule has 2 aliphatic heterocycles. The molecule has 0 saturated carbocycles.